The molecular formula is C37H53IN2O3. The molecule has 3 aromatic rings. The first-order valence-corrected chi connectivity index (χ1v) is 16.3. The van der Waals surface area contributed by atoms with Gasteiger partial charge < -0.3 is 38.4 Å². The van der Waals surface area contributed by atoms with Crippen molar-refractivity contribution in [1.29, 1.82) is 0 Å². The highest BCUT2D eigenvalue weighted by atomic mass is 127. The van der Waals surface area contributed by atoms with E-state index in [1.165, 1.54) is 70.6 Å². The number of benzene rings is 2. The lowest BCUT2D eigenvalue weighted by molar-refractivity contribution is -0.697. The van der Waals surface area contributed by atoms with Gasteiger partial charge >= 0.3 is 0 Å². The van der Waals surface area contributed by atoms with Gasteiger partial charge in [-0.25, -0.2) is 4.57 Å². The van der Waals surface area contributed by atoms with Crippen LogP contribution in [0.25, 0.3) is 0 Å². The summed E-state index contributed by atoms with van der Waals surface area (Å²) in [6.07, 6.45) is 20.9. The first-order valence-electron chi connectivity index (χ1n) is 16.3. The quantitative estimate of drug-likeness (QED) is 0.0743. The molecule has 0 aliphatic rings. The lowest BCUT2D eigenvalue weighted by Gasteiger charge is -2.23. The van der Waals surface area contributed by atoms with Crippen molar-refractivity contribution in [1.82, 2.24) is 0 Å². The highest BCUT2D eigenvalue weighted by Crippen LogP contribution is 2.30. The molecule has 1 amide bonds. The number of ether oxygens (including phenoxy) is 2. The molecule has 0 N–H and O–H groups in total. The molecule has 0 atom stereocenters. The minimum atomic E-state index is -0.0297. The summed E-state index contributed by atoms with van der Waals surface area (Å²) in [6.45, 7) is 6.41. The normalized spacial score (nSPS) is 10.7. The fourth-order valence-corrected chi connectivity index (χ4v) is 5.33. The van der Waals surface area contributed by atoms with E-state index >= 15 is 0 Å². The Labute approximate surface area is 278 Å². The van der Waals surface area contributed by atoms with Crippen molar-refractivity contribution < 1.29 is 42.8 Å². The van der Waals surface area contributed by atoms with Crippen molar-refractivity contribution >= 4 is 11.6 Å². The SMILES string of the molecule is CCCCCCCCCCCCCCOc1ccc(CN(C(=O)c2ccc[n+](CCC)c2)c2ccccc2)cc1OC.[I-]. The van der Waals surface area contributed by atoms with Gasteiger partial charge in [-0.3, -0.25) is 4.79 Å². The Balaban J connectivity index is 0.00000645. The van der Waals surface area contributed by atoms with Crippen LogP contribution >= 0.6 is 0 Å². The number of methoxy groups -OCH3 is 1. The Morgan fingerprint density at radius 1 is 0.744 bits per heavy atom. The summed E-state index contributed by atoms with van der Waals surface area (Å²) in [5.41, 5.74) is 2.52. The van der Waals surface area contributed by atoms with Gasteiger partial charge in [-0.2, -0.15) is 0 Å². The van der Waals surface area contributed by atoms with Crippen LogP contribution in [0.4, 0.5) is 5.69 Å². The van der Waals surface area contributed by atoms with E-state index in [4.69, 9.17) is 9.47 Å². The Bertz CT molecular complexity index is 1170. The molecular weight excluding hydrogens is 647 g/mol. The van der Waals surface area contributed by atoms with E-state index in [1.54, 1.807) is 7.11 Å². The van der Waals surface area contributed by atoms with E-state index in [0.29, 0.717) is 24.5 Å². The van der Waals surface area contributed by atoms with E-state index in [-0.39, 0.29) is 29.9 Å². The van der Waals surface area contributed by atoms with Crippen molar-refractivity contribution in [3.05, 3.63) is 84.2 Å². The van der Waals surface area contributed by atoms with Crippen LogP contribution in [0.15, 0.2) is 73.1 Å². The number of carbonyl (C=O) groups excluding carboxylic acids is 1. The smallest absolute Gasteiger partial charge is 0.264 e. The highest BCUT2D eigenvalue weighted by molar-refractivity contribution is 6.05. The number of carbonyl (C=O) groups is 1. The van der Waals surface area contributed by atoms with Crippen LogP contribution in [0.5, 0.6) is 11.5 Å². The number of amides is 1. The molecule has 43 heavy (non-hydrogen) atoms. The zero-order chi connectivity index (χ0) is 29.8. The van der Waals surface area contributed by atoms with Gasteiger partial charge in [-0.05, 0) is 42.3 Å². The van der Waals surface area contributed by atoms with Gasteiger partial charge in [0.1, 0.15) is 12.1 Å². The minimum Gasteiger partial charge on any atom is -1.00 e. The van der Waals surface area contributed by atoms with Crippen molar-refractivity contribution in [2.45, 2.75) is 110 Å². The van der Waals surface area contributed by atoms with Gasteiger partial charge in [-0.1, -0.05) is 109 Å². The molecule has 0 saturated heterocycles. The lowest BCUT2D eigenvalue weighted by Crippen LogP contribution is -3.00. The molecule has 0 spiro atoms. The number of nitrogens with zero attached hydrogens (tertiary/aromatic N) is 2. The predicted molar refractivity (Wildman–Crippen MR) is 173 cm³/mol. The van der Waals surface area contributed by atoms with Crippen LogP contribution in [-0.2, 0) is 13.1 Å². The maximum Gasteiger partial charge on any atom is 0.264 e. The first-order chi connectivity index (χ1) is 20.7. The third-order valence-electron chi connectivity index (χ3n) is 7.72. The molecule has 0 aliphatic heterocycles. The topological polar surface area (TPSA) is 42.7 Å². The summed E-state index contributed by atoms with van der Waals surface area (Å²) in [7, 11) is 1.67. The van der Waals surface area contributed by atoms with E-state index in [9.17, 15) is 4.79 Å². The molecule has 1 heterocycles. The van der Waals surface area contributed by atoms with Crippen molar-refractivity contribution in [2.24, 2.45) is 0 Å². The zero-order valence-corrected chi connectivity index (χ0v) is 28.9. The zero-order valence-electron chi connectivity index (χ0n) is 26.7. The van der Waals surface area contributed by atoms with Crippen molar-refractivity contribution in [3.63, 3.8) is 0 Å². The molecule has 5 nitrogen and oxygen atoms in total. The van der Waals surface area contributed by atoms with Gasteiger partial charge in [-0.15, -0.1) is 0 Å². The molecule has 0 unspecified atom stereocenters. The number of unbranched alkanes of at least 4 members (excludes halogenated alkanes) is 11. The predicted octanol–water partition coefficient (Wildman–Crippen LogP) is 6.32. The van der Waals surface area contributed by atoms with Crippen LogP contribution in [0.1, 0.15) is 113 Å². The van der Waals surface area contributed by atoms with Gasteiger partial charge in [0.05, 0.1) is 20.3 Å². The number of hydrogen-bond acceptors (Lipinski definition) is 3. The summed E-state index contributed by atoms with van der Waals surface area (Å²) in [4.78, 5) is 15.6. The lowest BCUT2D eigenvalue weighted by atomic mass is 10.1. The fourth-order valence-electron chi connectivity index (χ4n) is 5.33. The number of anilines is 1. The Morgan fingerprint density at radius 2 is 1.40 bits per heavy atom. The van der Waals surface area contributed by atoms with Crippen LogP contribution in [0, 0.1) is 0 Å². The Hall–Kier alpha value is -2.61. The molecule has 0 saturated carbocycles. The molecule has 0 aliphatic carbocycles. The van der Waals surface area contributed by atoms with Gasteiger partial charge in [0.2, 0.25) is 0 Å². The summed E-state index contributed by atoms with van der Waals surface area (Å²) in [5, 5.41) is 0. The number of aromatic nitrogens is 1. The number of hydrogen-bond donors (Lipinski definition) is 0. The Kier molecular flexibility index (Phi) is 18.7. The number of para-hydroxylation sites is 1. The molecule has 0 bridgehead atoms. The summed E-state index contributed by atoms with van der Waals surface area (Å²) in [5.74, 6) is 1.43. The Morgan fingerprint density at radius 3 is 2.02 bits per heavy atom. The van der Waals surface area contributed by atoms with Gasteiger partial charge in [0.25, 0.3) is 5.91 Å². The van der Waals surface area contributed by atoms with Crippen LogP contribution in [0.2, 0.25) is 0 Å². The summed E-state index contributed by atoms with van der Waals surface area (Å²) >= 11 is 0. The maximum atomic E-state index is 13.7. The van der Waals surface area contributed by atoms with Gasteiger partial charge in [0.15, 0.2) is 23.9 Å². The van der Waals surface area contributed by atoms with Crippen LogP contribution < -0.4 is 42.9 Å². The molecule has 236 valence electrons. The minimum absolute atomic E-state index is 0. The third kappa shape index (κ3) is 13.3. The monoisotopic (exact) mass is 700 g/mol. The van der Waals surface area contributed by atoms with E-state index in [1.807, 2.05) is 78.0 Å². The molecule has 0 radical (unpaired) electrons. The second-order valence-corrected chi connectivity index (χ2v) is 11.3. The largest absolute Gasteiger partial charge is 1.00 e. The van der Waals surface area contributed by atoms with Crippen molar-refractivity contribution in [3.8, 4) is 11.5 Å². The summed E-state index contributed by atoms with van der Waals surface area (Å²) < 4.78 is 13.9. The second kappa shape index (κ2) is 22.0. The molecule has 3 rings (SSSR count). The third-order valence-corrected chi connectivity index (χ3v) is 7.72. The molecule has 2 aromatic carbocycles. The summed E-state index contributed by atoms with van der Waals surface area (Å²) in [6, 6.07) is 19.7. The van der Waals surface area contributed by atoms with Gasteiger partial charge in [0, 0.05) is 18.2 Å². The van der Waals surface area contributed by atoms with Crippen LogP contribution in [-0.4, -0.2) is 19.6 Å². The number of pyridine rings is 1. The second-order valence-electron chi connectivity index (χ2n) is 11.3. The van der Waals surface area contributed by atoms with E-state index in [2.05, 4.69) is 18.4 Å². The maximum absolute atomic E-state index is 13.7. The first kappa shape index (κ1) is 36.6. The number of halogens is 1. The molecule has 0 fully saturated rings. The van der Waals surface area contributed by atoms with Crippen molar-refractivity contribution in [2.75, 3.05) is 18.6 Å². The average molecular weight is 701 g/mol. The highest BCUT2D eigenvalue weighted by Gasteiger charge is 2.21. The molecule has 1 aromatic heterocycles. The standard InChI is InChI=1S/C37H53N2O3.HI/c1-4-6-7-8-9-10-11-12-13-14-15-19-28-42-35-25-24-32(29-36(35)41-3)30-39(34-22-17-16-18-23-34)37(40)33-21-20-27-38(31-33)26-5-2;/h16-18,20-25,27,29,31H,4-15,19,26,28,30H2,1-3H3;1H/q+1;/p-1. The van der Waals surface area contributed by atoms with Crippen LogP contribution in [0.3, 0.4) is 0 Å². The van der Waals surface area contributed by atoms with E-state index in [0.717, 1.165) is 36.4 Å². The molecule has 6 heteroatoms. The number of aryl methyl sites for hydroxylation is 1. The fraction of sp³-hybridized carbons (Fsp3) is 0.514. The average Bonchev–Trinajstić information content (AvgIpc) is 3.03. The van der Waals surface area contributed by atoms with E-state index < -0.39 is 0 Å². The number of rotatable bonds is 21.